The summed E-state index contributed by atoms with van der Waals surface area (Å²) in [5, 5.41) is 6.69. The Kier molecular flexibility index (Phi) is 14.7. The number of halogens is 1. The molecule has 1 heterocycles. The molecule has 0 amide bonds. The van der Waals surface area contributed by atoms with E-state index in [0.29, 0.717) is 31.5 Å². The van der Waals surface area contributed by atoms with Crippen LogP contribution in [0.1, 0.15) is 33.1 Å². The summed E-state index contributed by atoms with van der Waals surface area (Å²) in [6.45, 7) is 9.99. The number of morpholine rings is 1. The fourth-order valence-corrected chi connectivity index (χ4v) is 3.83. The molecule has 1 aliphatic rings. The summed E-state index contributed by atoms with van der Waals surface area (Å²) in [4.78, 5) is 6.80. The summed E-state index contributed by atoms with van der Waals surface area (Å²) in [6, 6.07) is 0.458. The van der Waals surface area contributed by atoms with Crippen LogP contribution in [0.4, 0.5) is 0 Å². The van der Waals surface area contributed by atoms with E-state index in [4.69, 9.17) is 4.74 Å². The van der Waals surface area contributed by atoms with Crippen molar-refractivity contribution in [3.05, 3.63) is 0 Å². The summed E-state index contributed by atoms with van der Waals surface area (Å²) in [5.41, 5.74) is 0. The standard InChI is InChI=1S/C17H37N5O3S.HI/c1-5-15(6-2)16(22-10-12-25-13-11-22)14-20-17(18-3)19-8-7-9-21-26(4,23)24;/h15-16,21H,5-14H2,1-4H3,(H2,18,19,20);1H. The number of nitrogens with zero attached hydrogens (tertiary/aromatic N) is 2. The summed E-state index contributed by atoms with van der Waals surface area (Å²) in [5.74, 6) is 1.39. The van der Waals surface area contributed by atoms with Crippen molar-refractivity contribution < 1.29 is 13.2 Å². The van der Waals surface area contributed by atoms with Gasteiger partial charge in [0.05, 0.1) is 19.5 Å². The van der Waals surface area contributed by atoms with E-state index in [0.717, 1.165) is 51.6 Å². The maximum Gasteiger partial charge on any atom is 0.208 e. The van der Waals surface area contributed by atoms with Crippen LogP contribution >= 0.6 is 24.0 Å². The van der Waals surface area contributed by atoms with Crippen molar-refractivity contribution in [1.82, 2.24) is 20.3 Å². The van der Waals surface area contributed by atoms with Crippen molar-refractivity contribution in [2.75, 3.05) is 59.2 Å². The average Bonchev–Trinajstić information content (AvgIpc) is 2.62. The highest BCUT2D eigenvalue weighted by Gasteiger charge is 2.26. The van der Waals surface area contributed by atoms with Gasteiger partial charge in [-0.2, -0.15) is 0 Å². The van der Waals surface area contributed by atoms with Gasteiger partial charge in [-0.25, -0.2) is 13.1 Å². The normalized spacial score (nSPS) is 17.4. The third kappa shape index (κ3) is 11.4. The van der Waals surface area contributed by atoms with Crippen LogP contribution in [0.15, 0.2) is 4.99 Å². The fourth-order valence-electron chi connectivity index (χ4n) is 3.31. The molecule has 0 radical (unpaired) electrons. The number of hydrogen-bond donors (Lipinski definition) is 3. The van der Waals surface area contributed by atoms with Gasteiger partial charge in [-0.1, -0.05) is 26.7 Å². The van der Waals surface area contributed by atoms with Gasteiger partial charge in [0.25, 0.3) is 0 Å². The lowest BCUT2D eigenvalue weighted by Crippen LogP contribution is -2.53. The zero-order valence-corrected chi connectivity index (χ0v) is 20.3. The molecule has 1 atom stereocenters. The Morgan fingerprint density at radius 1 is 1.15 bits per heavy atom. The highest BCUT2D eigenvalue weighted by Crippen LogP contribution is 2.19. The quantitative estimate of drug-likeness (QED) is 0.162. The van der Waals surface area contributed by atoms with Gasteiger partial charge >= 0.3 is 0 Å². The smallest absolute Gasteiger partial charge is 0.208 e. The molecule has 1 aliphatic heterocycles. The minimum absolute atomic E-state index is 0. The Morgan fingerprint density at radius 3 is 2.30 bits per heavy atom. The molecule has 1 fully saturated rings. The summed E-state index contributed by atoms with van der Waals surface area (Å²) >= 11 is 0. The van der Waals surface area contributed by atoms with Crippen LogP contribution < -0.4 is 15.4 Å². The molecule has 0 aromatic carbocycles. The Morgan fingerprint density at radius 2 is 1.78 bits per heavy atom. The first-order valence-corrected chi connectivity index (χ1v) is 11.5. The van der Waals surface area contributed by atoms with E-state index in [1.165, 1.54) is 6.26 Å². The van der Waals surface area contributed by atoms with E-state index in [9.17, 15) is 8.42 Å². The number of aliphatic imine (C=N–C) groups is 1. The Labute approximate surface area is 182 Å². The molecule has 0 saturated carbocycles. The molecule has 27 heavy (non-hydrogen) atoms. The van der Waals surface area contributed by atoms with Crippen molar-refractivity contribution in [2.45, 2.75) is 39.2 Å². The number of ether oxygens (including phenoxy) is 1. The van der Waals surface area contributed by atoms with Gasteiger partial charge in [0.2, 0.25) is 10.0 Å². The number of hydrogen-bond acceptors (Lipinski definition) is 5. The molecule has 0 bridgehead atoms. The highest BCUT2D eigenvalue weighted by atomic mass is 127. The van der Waals surface area contributed by atoms with Crippen LogP contribution in [0.25, 0.3) is 0 Å². The van der Waals surface area contributed by atoms with Crippen LogP contribution in [0.2, 0.25) is 0 Å². The topological polar surface area (TPSA) is 95.1 Å². The minimum atomic E-state index is -3.12. The molecule has 1 unspecified atom stereocenters. The van der Waals surface area contributed by atoms with Crippen molar-refractivity contribution in [1.29, 1.82) is 0 Å². The molecule has 1 saturated heterocycles. The van der Waals surface area contributed by atoms with E-state index in [-0.39, 0.29) is 24.0 Å². The molecule has 0 aromatic heterocycles. The van der Waals surface area contributed by atoms with Crippen molar-refractivity contribution in [3.8, 4) is 0 Å². The zero-order chi connectivity index (χ0) is 19.4. The molecular formula is C17H38IN5O3S. The van der Waals surface area contributed by atoms with E-state index in [1.807, 2.05) is 0 Å². The van der Waals surface area contributed by atoms with E-state index in [1.54, 1.807) is 7.05 Å². The molecule has 0 spiro atoms. The number of rotatable bonds is 11. The van der Waals surface area contributed by atoms with Crippen LogP contribution in [-0.4, -0.2) is 84.6 Å². The lowest BCUT2D eigenvalue weighted by molar-refractivity contribution is 0.00272. The monoisotopic (exact) mass is 519 g/mol. The lowest BCUT2D eigenvalue weighted by atomic mass is 9.92. The van der Waals surface area contributed by atoms with Crippen LogP contribution in [0, 0.1) is 5.92 Å². The second-order valence-electron chi connectivity index (χ2n) is 6.69. The molecule has 0 aliphatic carbocycles. The first kappa shape index (κ1) is 26.8. The van der Waals surface area contributed by atoms with Crippen LogP contribution in [0.3, 0.4) is 0 Å². The van der Waals surface area contributed by atoms with Gasteiger partial charge in [0, 0.05) is 45.8 Å². The summed E-state index contributed by atoms with van der Waals surface area (Å²) in [6.07, 6.45) is 4.19. The van der Waals surface area contributed by atoms with Crippen molar-refractivity contribution >= 4 is 40.0 Å². The Hall–Kier alpha value is -0.170. The van der Waals surface area contributed by atoms with Crippen molar-refractivity contribution in [2.24, 2.45) is 10.9 Å². The van der Waals surface area contributed by atoms with E-state index >= 15 is 0 Å². The molecule has 8 nitrogen and oxygen atoms in total. The van der Waals surface area contributed by atoms with Gasteiger partial charge in [0.1, 0.15) is 0 Å². The molecule has 3 N–H and O–H groups in total. The Balaban J connectivity index is 0.00000676. The largest absolute Gasteiger partial charge is 0.379 e. The minimum Gasteiger partial charge on any atom is -0.379 e. The van der Waals surface area contributed by atoms with Gasteiger partial charge in [0.15, 0.2) is 5.96 Å². The fraction of sp³-hybridized carbons (Fsp3) is 0.941. The molecule has 0 aromatic rings. The van der Waals surface area contributed by atoms with Crippen molar-refractivity contribution in [3.63, 3.8) is 0 Å². The third-order valence-electron chi connectivity index (χ3n) is 4.82. The van der Waals surface area contributed by atoms with E-state index < -0.39 is 10.0 Å². The predicted molar refractivity (Wildman–Crippen MR) is 122 cm³/mol. The first-order chi connectivity index (χ1) is 12.4. The second-order valence-corrected chi connectivity index (χ2v) is 8.53. The van der Waals surface area contributed by atoms with E-state index in [2.05, 4.69) is 39.1 Å². The molecule has 10 heteroatoms. The number of guanidine groups is 1. The Bertz CT molecular complexity index is 509. The first-order valence-electron chi connectivity index (χ1n) is 9.62. The summed E-state index contributed by atoms with van der Waals surface area (Å²) in [7, 11) is -1.36. The van der Waals surface area contributed by atoms with Gasteiger partial charge in [-0.05, 0) is 12.3 Å². The maximum atomic E-state index is 11.1. The predicted octanol–water partition coefficient (Wildman–Crippen LogP) is 0.846. The number of nitrogens with one attached hydrogen (secondary N) is 3. The summed E-state index contributed by atoms with van der Waals surface area (Å²) < 4.78 is 30.1. The zero-order valence-electron chi connectivity index (χ0n) is 17.2. The lowest BCUT2D eigenvalue weighted by Gasteiger charge is -2.39. The van der Waals surface area contributed by atoms with Crippen LogP contribution in [0.5, 0.6) is 0 Å². The molecule has 1 rings (SSSR count). The third-order valence-corrected chi connectivity index (χ3v) is 5.55. The SMILES string of the molecule is CCC(CC)C(CNC(=NC)NCCCNS(C)(=O)=O)N1CCOCC1.I. The molecule has 162 valence electrons. The van der Waals surface area contributed by atoms with Crippen LogP contribution in [-0.2, 0) is 14.8 Å². The average molecular weight is 519 g/mol. The number of sulfonamides is 1. The highest BCUT2D eigenvalue weighted by molar-refractivity contribution is 14.0. The maximum absolute atomic E-state index is 11.1. The second kappa shape index (κ2) is 14.8. The van der Waals surface area contributed by atoms with Gasteiger partial charge in [-0.15, -0.1) is 24.0 Å². The molecular weight excluding hydrogens is 481 g/mol. The van der Waals surface area contributed by atoms with Gasteiger partial charge in [-0.3, -0.25) is 9.89 Å². The van der Waals surface area contributed by atoms with Gasteiger partial charge < -0.3 is 15.4 Å².